The lowest BCUT2D eigenvalue weighted by Gasteiger charge is -2.07. The molecule has 0 atom stereocenters. The fraction of sp³-hybridized carbons (Fsp3) is 0.188. The molecule has 0 heterocycles. The number of non-ortho nitro benzene ring substituents is 1. The van der Waals surface area contributed by atoms with Gasteiger partial charge in [0.2, 0.25) is 0 Å². The Hall–Kier alpha value is -2.54. The maximum absolute atomic E-state index is 10.7. The Morgan fingerprint density at radius 3 is 2.61 bits per heavy atom. The maximum atomic E-state index is 10.7. The van der Waals surface area contributed by atoms with Crippen molar-refractivity contribution in [2.75, 3.05) is 5.75 Å². The van der Waals surface area contributed by atoms with Crippen LogP contribution < -0.4 is 10.5 Å². The molecule has 0 bridgehead atoms. The summed E-state index contributed by atoms with van der Waals surface area (Å²) < 4.78 is 5.64. The summed E-state index contributed by atoms with van der Waals surface area (Å²) in [5, 5.41) is 18.0. The van der Waals surface area contributed by atoms with Crippen molar-refractivity contribution in [3.63, 3.8) is 0 Å². The summed E-state index contributed by atoms with van der Waals surface area (Å²) in [5.41, 5.74) is 7.24. The number of nitrogens with two attached hydrogens (primary N) is 1. The second kappa shape index (κ2) is 8.19. The molecule has 0 aliphatic heterocycles. The number of nitro groups is 1. The van der Waals surface area contributed by atoms with Gasteiger partial charge < -0.3 is 10.5 Å². The normalized spacial score (nSPS) is 10.3. The van der Waals surface area contributed by atoms with Crippen LogP contribution >= 0.6 is 11.8 Å². The van der Waals surface area contributed by atoms with Crippen LogP contribution in [0.1, 0.15) is 11.1 Å². The van der Waals surface area contributed by atoms with E-state index >= 15 is 0 Å². The minimum absolute atomic E-state index is 0.0596. The lowest BCUT2D eigenvalue weighted by atomic mass is 10.2. The summed E-state index contributed by atoms with van der Waals surface area (Å²) in [6.07, 6.45) is 0.829. The number of nitrogens with one attached hydrogen (secondary N) is 1. The van der Waals surface area contributed by atoms with Crippen molar-refractivity contribution in [3.8, 4) is 5.75 Å². The molecule has 23 heavy (non-hydrogen) atoms. The number of hydrogen-bond donors (Lipinski definition) is 2. The van der Waals surface area contributed by atoms with Gasteiger partial charge in [0.05, 0.1) is 4.92 Å². The highest BCUT2D eigenvalue weighted by Crippen LogP contribution is 2.18. The fourth-order valence-electron chi connectivity index (χ4n) is 1.96. The van der Waals surface area contributed by atoms with Crippen molar-refractivity contribution in [1.29, 1.82) is 5.41 Å². The molecule has 2 aromatic rings. The van der Waals surface area contributed by atoms with Gasteiger partial charge in [-0.1, -0.05) is 36.0 Å². The Kier molecular flexibility index (Phi) is 5.99. The summed E-state index contributed by atoms with van der Waals surface area (Å²) in [7, 11) is 0. The number of hydrogen-bond acceptors (Lipinski definition) is 5. The summed E-state index contributed by atoms with van der Waals surface area (Å²) in [5.74, 6) is 1.47. The number of amidine groups is 1. The summed E-state index contributed by atoms with van der Waals surface area (Å²) in [6, 6.07) is 14.1. The van der Waals surface area contributed by atoms with Gasteiger partial charge in [-0.3, -0.25) is 15.5 Å². The van der Waals surface area contributed by atoms with Gasteiger partial charge in [0, 0.05) is 17.9 Å². The summed E-state index contributed by atoms with van der Waals surface area (Å²) in [4.78, 5) is 10.3. The highest BCUT2D eigenvalue weighted by atomic mass is 32.2. The topological polar surface area (TPSA) is 102 Å². The summed E-state index contributed by atoms with van der Waals surface area (Å²) >= 11 is 1.32. The number of rotatable bonds is 7. The van der Waals surface area contributed by atoms with E-state index in [2.05, 4.69) is 0 Å². The molecule has 0 saturated carbocycles. The van der Waals surface area contributed by atoms with Crippen LogP contribution in [0.3, 0.4) is 0 Å². The van der Waals surface area contributed by atoms with E-state index < -0.39 is 4.92 Å². The second-order valence-electron chi connectivity index (χ2n) is 4.82. The molecule has 0 aliphatic rings. The van der Waals surface area contributed by atoms with Crippen LogP contribution in [-0.4, -0.2) is 15.8 Å². The van der Waals surface area contributed by atoms with E-state index in [1.54, 1.807) is 12.1 Å². The molecule has 7 heteroatoms. The van der Waals surface area contributed by atoms with Crippen molar-refractivity contribution >= 4 is 22.6 Å². The van der Waals surface area contributed by atoms with E-state index in [9.17, 15) is 10.1 Å². The average molecular weight is 331 g/mol. The molecule has 0 unspecified atom stereocenters. The zero-order chi connectivity index (χ0) is 16.7. The largest absolute Gasteiger partial charge is 0.489 e. The first kappa shape index (κ1) is 16.8. The van der Waals surface area contributed by atoms with Crippen LogP contribution in [0.15, 0.2) is 48.5 Å². The first-order valence-electron chi connectivity index (χ1n) is 6.96. The van der Waals surface area contributed by atoms with Crippen LogP contribution in [0, 0.1) is 15.5 Å². The van der Waals surface area contributed by atoms with E-state index in [1.807, 2.05) is 24.3 Å². The Morgan fingerprint density at radius 1 is 1.22 bits per heavy atom. The number of benzene rings is 2. The molecule has 3 N–H and O–H groups in total. The van der Waals surface area contributed by atoms with Crippen molar-refractivity contribution < 1.29 is 9.66 Å². The van der Waals surface area contributed by atoms with E-state index in [1.165, 1.54) is 23.9 Å². The van der Waals surface area contributed by atoms with Gasteiger partial charge in [-0.25, -0.2) is 0 Å². The smallest absolute Gasteiger partial charge is 0.269 e. The molecule has 0 spiro atoms. The quantitative estimate of drug-likeness (QED) is 0.350. The predicted molar refractivity (Wildman–Crippen MR) is 91.9 cm³/mol. The third-order valence-corrected chi connectivity index (χ3v) is 3.82. The number of ether oxygens (including phenoxy) is 1. The number of thioether (sulfide) groups is 1. The van der Waals surface area contributed by atoms with Crippen LogP contribution in [0.25, 0.3) is 0 Å². The van der Waals surface area contributed by atoms with Gasteiger partial charge in [0.15, 0.2) is 5.17 Å². The van der Waals surface area contributed by atoms with Crippen LogP contribution in [0.5, 0.6) is 5.75 Å². The minimum atomic E-state index is -0.419. The molecule has 120 valence electrons. The van der Waals surface area contributed by atoms with Crippen molar-refractivity contribution in [2.24, 2.45) is 5.73 Å². The van der Waals surface area contributed by atoms with E-state index in [0.717, 1.165) is 23.3 Å². The summed E-state index contributed by atoms with van der Waals surface area (Å²) in [6.45, 7) is 0.279. The molecule has 0 aromatic heterocycles. The lowest BCUT2D eigenvalue weighted by molar-refractivity contribution is -0.384. The first-order chi connectivity index (χ1) is 11.0. The predicted octanol–water partition coefficient (Wildman–Crippen LogP) is 3.34. The lowest BCUT2D eigenvalue weighted by Crippen LogP contribution is -2.05. The zero-order valence-electron chi connectivity index (χ0n) is 12.4. The molecule has 0 radical (unpaired) electrons. The van der Waals surface area contributed by atoms with Gasteiger partial charge in [-0.05, 0) is 29.7 Å². The first-order valence-corrected chi connectivity index (χ1v) is 7.95. The average Bonchev–Trinajstić information content (AvgIpc) is 2.54. The monoisotopic (exact) mass is 331 g/mol. The van der Waals surface area contributed by atoms with Gasteiger partial charge in [0.1, 0.15) is 12.4 Å². The van der Waals surface area contributed by atoms with E-state index in [0.29, 0.717) is 5.75 Å². The molecule has 2 rings (SSSR count). The molecule has 2 aromatic carbocycles. The van der Waals surface area contributed by atoms with E-state index in [4.69, 9.17) is 15.9 Å². The highest BCUT2D eigenvalue weighted by Gasteiger charge is 2.06. The number of nitrogens with zero attached hydrogens (tertiary/aromatic N) is 1. The van der Waals surface area contributed by atoms with Crippen LogP contribution in [0.4, 0.5) is 5.69 Å². The van der Waals surface area contributed by atoms with Crippen molar-refractivity contribution in [2.45, 2.75) is 13.0 Å². The van der Waals surface area contributed by atoms with Crippen LogP contribution in [0.2, 0.25) is 0 Å². The van der Waals surface area contributed by atoms with Gasteiger partial charge in [-0.15, -0.1) is 0 Å². The van der Waals surface area contributed by atoms with Crippen LogP contribution in [-0.2, 0) is 13.0 Å². The maximum Gasteiger partial charge on any atom is 0.269 e. The van der Waals surface area contributed by atoms with Gasteiger partial charge >= 0.3 is 0 Å². The Balaban J connectivity index is 1.87. The SMILES string of the molecule is N=C(N)SCCc1ccc(OCc2cccc([N+](=O)[O-])c2)cc1. The Morgan fingerprint density at radius 2 is 1.96 bits per heavy atom. The molecule has 0 amide bonds. The molecular formula is C16H17N3O3S. The minimum Gasteiger partial charge on any atom is -0.489 e. The van der Waals surface area contributed by atoms with Gasteiger partial charge in [0.25, 0.3) is 5.69 Å². The van der Waals surface area contributed by atoms with E-state index in [-0.39, 0.29) is 17.5 Å². The molecular weight excluding hydrogens is 314 g/mol. The Labute approximate surface area is 138 Å². The second-order valence-corrected chi connectivity index (χ2v) is 5.96. The zero-order valence-corrected chi connectivity index (χ0v) is 13.2. The van der Waals surface area contributed by atoms with Crippen molar-refractivity contribution in [3.05, 3.63) is 69.8 Å². The van der Waals surface area contributed by atoms with Gasteiger partial charge in [-0.2, -0.15) is 0 Å². The number of nitro benzene ring substituents is 1. The number of aryl methyl sites for hydroxylation is 1. The Bertz CT molecular complexity index is 689. The third kappa shape index (κ3) is 5.63. The standard InChI is InChI=1S/C16H17N3O3S/c17-16(18)23-9-8-12-4-6-15(7-5-12)22-11-13-2-1-3-14(10-13)19(20)21/h1-7,10H,8-9,11H2,(H3,17,18). The highest BCUT2D eigenvalue weighted by molar-refractivity contribution is 8.13. The van der Waals surface area contributed by atoms with Crippen molar-refractivity contribution in [1.82, 2.24) is 0 Å². The molecule has 0 saturated heterocycles. The fourth-order valence-corrected chi connectivity index (χ4v) is 2.52. The molecule has 0 aliphatic carbocycles. The molecule has 0 fully saturated rings. The molecule has 6 nitrogen and oxygen atoms in total. The third-order valence-electron chi connectivity index (χ3n) is 3.10.